The van der Waals surface area contributed by atoms with Crippen molar-refractivity contribution in [2.24, 2.45) is 5.73 Å². The number of fused-ring (bicyclic) bond motifs is 1. The van der Waals surface area contributed by atoms with E-state index in [1.807, 2.05) is 13.8 Å². The second kappa shape index (κ2) is 6.48. The predicted octanol–water partition coefficient (Wildman–Crippen LogP) is 3.41. The van der Waals surface area contributed by atoms with Gasteiger partial charge in [0.1, 0.15) is 5.75 Å². The average Bonchev–Trinajstić information content (AvgIpc) is 2.29. The Bertz CT molecular complexity index is 666. The number of H-pyrrole nitrogens is 1. The van der Waals surface area contributed by atoms with Crippen LogP contribution < -0.4 is 16.0 Å². The minimum Gasteiger partial charge on any atom is -0.489 e. The first-order chi connectivity index (χ1) is 8.88. The number of benzene rings is 1. The molecule has 1 aromatic heterocycles. The molecule has 0 bridgehead atoms. The molecule has 1 heterocycles. The van der Waals surface area contributed by atoms with Crippen molar-refractivity contribution in [3.8, 4) is 5.75 Å². The Hall–Kier alpha value is -1.23. The Morgan fingerprint density at radius 1 is 1.25 bits per heavy atom. The lowest BCUT2D eigenvalue weighted by Crippen LogP contribution is -2.19. The predicted molar refractivity (Wildman–Crippen MR) is 85.2 cm³/mol. The van der Waals surface area contributed by atoms with Crippen LogP contribution in [-0.4, -0.2) is 11.1 Å². The molecule has 0 amide bonds. The minimum atomic E-state index is -0.321. The highest BCUT2D eigenvalue weighted by Gasteiger charge is 2.11. The van der Waals surface area contributed by atoms with Crippen molar-refractivity contribution in [3.05, 3.63) is 39.1 Å². The van der Waals surface area contributed by atoms with Crippen molar-refractivity contribution in [1.29, 1.82) is 0 Å². The van der Waals surface area contributed by atoms with Gasteiger partial charge in [0.2, 0.25) is 0 Å². The van der Waals surface area contributed by atoms with E-state index in [1.165, 1.54) is 0 Å². The monoisotopic (exact) mass is 316 g/mol. The van der Waals surface area contributed by atoms with Gasteiger partial charge in [-0.15, -0.1) is 12.4 Å². The highest BCUT2D eigenvalue weighted by atomic mass is 35.5. The van der Waals surface area contributed by atoms with Gasteiger partial charge in [0.25, 0.3) is 5.56 Å². The Morgan fingerprint density at radius 3 is 2.45 bits per heavy atom. The van der Waals surface area contributed by atoms with E-state index in [9.17, 15) is 4.79 Å². The summed E-state index contributed by atoms with van der Waals surface area (Å²) in [6.45, 7) is 5.61. The zero-order valence-corrected chi connectivity index (χ0v) is 13.1. The number of pyridine rings is 1. The smallest absolute Gasteiger partial charge is 0.253 e. The van der Waals surface area contributed by atoms with Crippen molar-refractivity contribution in [2.45, 2.75) is 32.9 Å². The molecule has 1 atom stereocenters. The van der Waals surface area contributed by atoms with Crippen LogP contribution in [0, 0.1) is 0 Å². The zero-order valence-electron chi connectivity index (χ0n) is 11.6. The largest absolute Gasteiger partial charge is 0.489 e. The van der Waals surface area contributed by atoms with Gasteiger partial charge in [0.05, 0.1) is 16.6 Å². The molecule has 0 fully saturated rings. The van der Waals surface area contributed by atoms with Gasteiger partial charge >= 0.3 is 0 Å². The van der Waals surface area contributed by atoms with Crippen LogP contribution in [0.4, 0.5) is 0 Å². The number of hydrogen-bond acceptors (Lipinski definition) is 3. The first-order valence-corrected chi connectivity index (χ1v) is 6.55. The number of rotatable bonds is 3. The van der Waals surface area contributed by atoms with Gasteiger partial charge in [-0.05, 0) is 32.9 Å². The first-order valence-electron chi connectivity index (χ1n) is 6.17. The summed E-state index contributed by atoms with van der Waals surface area (Å²) in [5.41, 5.74) is 6.81. The lowest BCUT2D eigenvalue weighted by atomic mass is 10.1. The standard InChI is InChI=1S/C14H17ClN2O2.ClH/c1-7(2)19-13-6-12-9(5-11(13)15)4-10(8(3)16)14(18)17-12;/h4-8H,16H2,1-3H3,(H,17,18);1H/t8-;/m0./s1. The van der Waals surface area contributed by atoms with Gasteiger partial charge < -0.3 is 15.5 Å². The third kappa shape index (κ3) is 3.45. The third-order valence-corrected chi connectivity index (χ3v) is 3.07. The Labute approximate surface area is 128 Å². The van der Waals surface area contributed by atoms with Crippen LogP contribution in [0.15, 0.2) is 23.0 Å². The number of hydrogen-bond donors (Lipinski definition) is 2. The molecule has 2 rings (SSSR count). The summed E-state index contributed by atoms with van der Waals surface area (Å²) in [5.74, 6) is 0.563. The maximum atomic E-state index is 11.9. The van der Waals surface area contributed by atoms with Gasteiger partial charge in [-0.3, -0.25) is 4.79 Å². The van der Waals surface area contributed by atoms with Crippen LogP contribution in [0.5, 0.6) is 5.75 Å². The number of nitrogens with one attached hydrogen (secondary N) is 1. The molecule has 0 radical (unpaired) electrons. The van der Waals surface area contributed by atoms with E-state index < -0.39 is 0 Å². The van der Waals surface area contributed by atoms with Crippen molar-refractivity contribution < 1.29 is 4.74 Å². The molecule has 110 valence electrons. The molecular formula is C14H18Cl2N2O2. The summed E-state index contributed by atoms with van der Waals surface area (Å²) in [5, 5.41) is 1.36. The fraction of sp³-hybridized carbons (Fsp3) is 0.357. The number of ether oxygens (including phenoxy) is 1. The molecular weight excluding hydrogens is 299 g/mol. The fourth-order valence-electron chi connectivity index (χ4n) is 1.91. The average molecular weight is 317 g/mol. The lowest BCUT2D eigenvalue weighted by molar-refractivity contribution is 0.243. The van der Waals surface area contributed by atoms with Gasteiger partial charge in [-0.2, -0.15) is 0 Å². The highest BCUT2D eigenvalue weighted by molar-refractivity contribution is 6.32. The first kappa shape index (κ1) is 16.8. The summed E-state index contributed by atoms with van der Waals surface area (Å²) in [6, 6.07) is 4.96. The van der Waals surface area contributed by atoms with E-state index in [2.05, 4.69) is 4.98 Å². The molecule has 0 saturated carbocycles. The van der Waals surface area contributed by atoms with E-state index in [-0.39, 0.29) is 30.1 Å². The van der Waals surface area contributed by atoms with Gasteiger partial charge in [0, 0.05) is 23.1 Å². The molecule has 6 heteroatoms. The molecule has 0 aliphatic heterocycles. The fourth-order valence-corrected chi connectivity index (χ4v) is 2.12. The molecule has 0 aliphatic rings. The van der Waals surface area contributed by atoms with Crippen molar-refractivity contribution in [3.63, 3.8) is 0 Å². The zero-order chi connectivity index (χ0) is 14.2. The number of aromatic amines is 1. The number of nitrogens with two attached hydrogens (primary N) is 1. The Balaban J connectivity index is 0.00000200. The van der Waals surface area contributed by atoms with Crippen LogP contribution in [0.25, 0.3) is 10.9 Å². The van der Waals surface area contributed by atoms with E-state index in [0.29, 0.717) is 21.9 Å². The summed E-state index contributed by atoms with van der Waals surface area (Å²) in [6.07, 6.45) is 0.0185. The second-order valence-electron chi connectivity index (χ2n) is 4.88. The summed E-state index contributed by atoms with van der Waals surface area (Å²) in [7, 11) is 0. The van der Waals surface area contributed by atoms with Crippen molar-refractivity contribution in [1.82, 2.24) is 4.98 Å². The Morgan fingerprint density at radius 2 is 1.90 bits per heavy atom. The summed E-state index contributed by atoms with van der Waals surface area (Å²) >= 11 is 6.17. The van der Waals surface area contributed by atoms with E-state index in [1.54, 1.807) is 25.1 Å². The quantitative estimate of drug-likeness (QED) is 0.911. The SMILES string of the molecule is CC(C)Oc1cc2[nH]c(=O)c([C@H](C)N)cc2cc1Cl.Cl. The van der Waals surface area contributed by atoms with E-state index >= 15 is 0 Å². The maximum absolute atomic E-state index is 11.9. The molecule has 0 aliphatic carbocycles. The molecule has 20 heavy (non-hydrogen) atoms. The van der Waals surface area contributed by atoms with Crippen LogP contribution >= 0.6 is 24.0 Å². The molecule has 3 N–H and O–H groups in total. The molecule has 2 aromatic rings. The highest BCUT2D eigenvalue weighted by Crippen LogP contribution is 2.30. The summed E-state index contributed by atoms with van der Waals surface area (Å²) in [4.78, 5) is 14.7. The van der Waals surface area contributed by atoms with Crippen molar-refractivity contribution in [2.75, 3.05) is 0 Å². The van der Waals surface area contributed by atoms with Crippen LogP contribution in [-0.2, 0) is 0 Å². The topological polar surface area (TPSA) is 68.1 Å². The van der Waals surface area contributed by atoms with Gasteiger partial charge in [-0.25, -0.2) is 0 Å². The normalized spacial score (nSPS) is 12.3. The van der Waals surface area contributed by atoms with Crippen LogP contribution in [0.1, 0.15) is 32.4 Å². The van der Waals surface area contributed by atoms with Crippen LogP contribution in [0.2, 0.25) is 5.02 Å². The van der Waals surface area contributed by atoms with Crippen molar-refractivity contribution >= 4 is 34.9 Å². The van der Waals surface area contributed by atoms with E-state index in [0.717, 1.165) is 5.39 Å². The molecule has 1 aromatic carbocycles. The molecule has 0 spiro atoms. The van der Waals surface area contributed by atoms with Crippen LogP contribution in [0.3, 0.4) is 0 Å². The lowest BCUT2D eigenvalue weighted by Gasteiger charge is -2.13. The second-order valence-corrected chi connectivity index (χ2v) is 5.29. The van der Waals surface area contributed by atoms with Gasteiger partial charge in [-0.1, -0.05) is 11.6 Å². The third-order valence-electron chi connectivity index (χ3n) is 2.78. The minimum absolute atomic E-state index is 0. The Kier molecular flexibility index (Phi) is 5.45. The molecule has 4 nitrogen and oxygen atoms in total. The number of halogens is 2. The summed E-state index contributed by atoms with van der Waals surface area (Å²) < 4.78 is 5.59. The van der Waals surface area contributed by atoms with E-state index in [4.69, 9.17) is 22.1 Å². The molecule has 0 unspecified atom stereocenters. The molecule has 0 saturated heterocycles. The number of aromatic nitrogens is 1. The van der Waals surface area contributed by atoms with Gasteiger partial charge in [0.15, 0.2) is 0 Å². The maximum Gasteiger partial charge on any atom is 0.253 e.